The number of hydrogen-bond donors (Lipinski definition) is 0. The Balaban J connectivity index is 2.35. The van der Waals surface area contributed by atoms with E-state index in [0.717, 1.165) is 5.75 Å². The van der Waals surface area contributed by atoms with Gasteiger partial charge in [-0.3, -0.25) is 0 Å². The van der Waals surface area contributed by atoms with Crippen molar-refractivity contribution in [1.82, 2.24) is 13.9 Å². The van der Waals surface area contributed by atoms with Crippen LogP contribution in [0, 0.1) is 0 Å². The van der Waals surface area contributed by atoms with Gasteiger partial charge in [0.15, 0.2) is 0 Å². The van der Waals surface area contributed by atoms with E-state index in [0.29, 0.717) is 13.1 Å². The third-order valence-electron chi connectivity index (χ3n) is 2.81. The molecule has 1 aliphatic heterocycles. The van der Waals surface area contributed by atoms with Gasteiger partial charge >= 0.3 is 0 Å². The number of hydrogen-bond acceptors (Lipinski definition) is 4. The van der Waals surface area contributed by atoms with Crippen molar-refractivity contribution in [3.63, 3.8) is 0 Å². The maximum atomic E-state index is 12.5. The van der Waals surface area contributed by atoms with E-state index in [1.54, 1.807) is 18.8 Å². The van der Waals surface area contributed by atoms with Crippen LogP contribution in [0.5, 0.6) is 0 Å². The van der Waals surface area contributed by atoms with Crippen LogP contribution in [0.1, 0.15) is 13.8 Å². The van der Waals surface area contributed by atoms with E-state index in [-0.39, 0.29) is 14.9 Å². The fourth-order valence-electron chi connectivity index (χ4n) is 1.87. The van der Waals surface area contributed by atoms with Gasteiger partial charge in [0.25, 0.3) is 10.0 Å². The van der Waals surface area contributed by atoms with E-state index in [1.807, 2.05) is 13.8 Å². The Morgan fingerprint density at radius 2 is 2.17 bits per heavy atom. The monoisotopic (exact) mass is 309 g/mol. The molecule has 1 aromatic heterocycles. The summed E-state index contributed by atoms with van der Waals surface area (Å²) in [4.78, 5) is 3.90. The van der Waals surface area contributed by atoms with Crippen LogP contribution in [-0.4, -0.2) is 45.9 Å². The highest BCUT2D eigenvalue weighted by Gasteiger charge is 2.37. The minimum absolute atomic E-state index is 0.0469. The summed E-state index contributed by atoms with van der Waals surface area (Å²) < 4.78 is 27.8. The normalized spacial score (nSPS) is 21.1. The smallest absolute Gasteiger partial charge is 0.263 e. The first-order valence-corrected chi connectivity index (χ1v) is 8.35. The minimum Gasteiger partial charge on any atom is -0.324 e. The molecule has 102 valence electrons. The number of aromatic nitrogens is 2. The van der Waals surface area contributed by atoms with Crippen molar-refractivity contribution in [2.45, 2.75) is 23.6 Å². The summed E-state index contributed by atoms with van der Waals surface area (Å²) in [5, 5.41) is 0.111. The molecule has 2 rings (SSSR count). The molecule has 0 N–H and O–H groups in total. The third kappa shape index (κ3) is 2.54. The molecule has 0 bridgehead atoms. The Hall–Kier alpha value is -0.240. The van der Waals surface area contributed by atoms with Crippen molar-refractivity contribution in [3.8, 4) is 0 Å². The molecule has 0 unspecified atom stereocenters. The van der Waals surface area contributed by atoms with E-state index in [2.05, 4.69) is 4.98 Å². The molecule has 0 atom stereocenters. The predicted octanol–water partition coefficient (Wildman–Crippen LogP) is 1.59. The summed E-state index contributed by atoms with van der Waals surface area (Å²) in [5.74, 6) is 0.788. The largest absolute Gasteiger partial charge is 0.324 e. The van der Waals surface area contributed by atoms with Crippen molar-refractivity contribution >= 4 is 33.4 Å². The summed E-state index contributed by atoms with van der Waals surface area (Å²) in [5.41, 5.74) is 0. The summed E-state index contributed by atoms with van der Waals surface area (Å²) in [6, 6.07) is 0. The molecular weight excluding hydrogens is 294 g/mol. The second kappa shape index (κ2) is 4.70. The minimum atomic E-state index is -3.59. The van der Waals surface area contributed by atoms with Crippen molar-refractivity contribution in [2.75, 3.05) is 18.8 Å². The summed E-state index contributed by atoms with van der Waals surface area (Å²) >= 11 is 7.75. The van der Waals surface area contributed by atoms with Crippen LogP contribution >= 0.6 is 23.4 Å². The highest BCUT2D eigenvalue weighted by Crippen LogP contribution is 2.33. The molecule has 8 heteroatoms. The van der Waals surface area contributed by atoms with Crippen LogP contribution in [0.15, 0.2) is 11.4 Å². The molecule has 1 aromatic rings. The van der Waals surface area contributed by atoms with Crippen LogP contribution < -0.4 is 0 Å². The Morgan fingerprint density at radius 1 is 1.50 bits per heavy atom. The fourth-order valence-corrected chi connectivity index (χ4v) is 5.17. The molecule has 0 spiro atoms. The van der Waals surface area contributed by atoms with Crippen LogP contribution in [-0.2, 0) is 17.1 Å². The molecule has 0 aliphatic carbocycles. The van der Waals surface area contributed by atoms with Crippen molar-refractivity contribution in [1.29, 1.82) is 0 Å². The molecule has 0 saturated carbocycles. The number of sulfonamides is 1. The van der Waals surface area contributed by atoms with Crippen LogP contribution in [0.2, 0.25) is 5.15 Å². The average molecular weight is 310 g/mol. The second-order valence-corrected chi connectivity index (χ2v) is 8.91. The summed E-state index contributed by atoms with van der Waals surface area (Å²) in [7, 11) is -1.92. The van der Waals surface area contributed by atoms with E-state index >= 15 is 0 Å². The van der Waals surface area contributed by atoms with E-state index in [1.165, 1.54) is 15.2 Å². The van der Waals surface area contributed by atoms with Gasteiger partial charge in [0, 0.05) is 30.6 Å². The Morgan fingerprint density at radius 3 is 2.67 bits per heavy atom. The zero-order valence-corrected chi connectivity index (χ0v) is 12.9. The molecule has 0 radical (unpaired) electrons. The lowest BCUT2D eigenvalue weighted by molar-refractivity contribution is 0.386. The van der Waals surface area contributed by atoms with Gasteiger partial charge in [-0.2, -0.15) is 16.1 Å². The maximum absolute atomic E-state index is 12.5. The molecular formula is C10H16ClN3O2S2. The lowest BCUT2D eigenvalue weighted by Crippen LogP contribution is -2.46. The second-order valence-electron chi connectivity index (χ2n) is 4.90. The molecule has 1 fully saturated rings. The highest BCUT2D eigenvalue weighted by molar-refractivity contribution is 8.00. The molecule has 0 amide bonds. The number of halogens is 1. The average Bonchev–Trinajstić information content (AvgIpc) is 2.58. The number of aryl methyl sites for hydroxylation is 1. The number of nitrogens with zero attached hydrogens (tertiary/aromatic N) is 3. The molecule has 1 aliphatic rings. The Bertz CT molecular complexity index is 553. The van der Waals surface area contributed by atoms with Crippen molar-refractivity contribution < 1.29 is 8.42 Å². The first-order valence-electron chi connectivity index (χ1n) is 5.55. The highest BCUT2D eigenvalue weighted by atomic mass is 35.5. The lowest BCUT2D eigenvalue weighted by Gasteiger charge is -2.36. The van der Waals surface area contributed by atoms with Crippen LogP contribution in [0.25, 0.3) is 0 Å². The molecule has 2 heterocycles. The first kappa shape index (κ1) is 14.2. The molecule has 5 nitrogen and oxygen atoms in total. The zero-order valence-electron chi connectivity index (χ0n) is 10.6. The fraction of sp³-hybridized carbons (Fsp3) is 0.700. The van der Waals surface area contributed by atoms with Crippen LogP contribution in [0.3, 0.4) is 0 Å². The van der Waals surface area contributed by atoms with Gasteiger partial charge in [-0.05, 0) is 13.8 Å². The Kier molecular flexibility index (Phi) is 3.70. The molecule has 18 heavy (non-hydrogen) atoms. The van der Waals surface area contributed by atoms with E-state index in [4.69, 9.17) is 11.6 Å². The van der Waals surface area contributed by atoms with E-state index < -0.39 is 10.0 Å². The zero-order chi connectivity index (χ0) is 13.6. The molecule has 1 saturated heterocycles. The molecule has 0 aromatic carbocycles. The maximum Gasteiger partial charge on any atom is 0.263 e. The predicted molar refractivity (Wildman–Crippen MR) is 73.5 cm³/mol. The van der Waals surface area contributed by atoms with Gasteiger partial charge in [-0.25, -0.2) is 13.4 Å². The van der Waals surface area contributed by atoms with Gasteiger partial charge in [0.1, 0.15) is 5.15 Å². The van der Waals surface area contributed by atoms with Gasteiger partial charge in [0.05, 0.1) is 6.33 Å². The summed E-state index contributed by atoms with van der Waals surface area (Å²) in [6.45, 7) is 5.06. The van der Waals surface area contributed by atoms with Gasteiger partial charge in [-0.1, -0.05) is 11.6 Å². The number of imidazole rings is 1. The van der Waals surface area contributed by atoms with Gasteiger partial charge in [0.2, 0.25) is 5.03 Å². The third-order valence-corrected chi connectivity index (χ3v) is 6.44. The first-order chi connectivity index (χ1) is 8.24. The lowest BCUT2D eigenvalue weighted by atomic mass is 10.2. The number of rotatable bonds is 2. The quantitative estimate of drug-likeness (QED) is 0.832. The Labute approximate surface area is 117 Å². The standard InChI is InChI=1S/C10H16ClN3O2S2/c1-10(2)6-14(4-5-17-10)18(15,16)9-8(11)13(3)7-12-9/h7H,4-6H2,1-3H3. The van der Waals surface area contributed by atoms with Crippen LogP contribution in [0.4, 0.5) is 0 Å². The number of thioether (sulfide) groups is 1. The van der Waals surface area contributed by atoms with Crippen molar-refractivity contribution in [2.24, 2.45) is 7.05 Å². The van der Waals surface area contributed by atoms with Gasteiger partial charge in [-0.15, -0.1) is 0 Å². The summed E-state index contributed by atoms with van der Waals surface area (Å²) in [6.07, 6.45) is 1.42. The van der Waals surface area contributed by atoms with E-state index in [9.17, 15) is 8.42 Å². The topological polar surface area (TPSA) is 55.2 Å². The SMILES string of the molecule is Cn1cnc(S(=O)(=O)N2CCSC(C)(C)C2)c1Cl. The van der Waals surface area contributed by atoms with Gasteiger partial charge < -0.3 is 4.57 Å². The van der Waals surface area contributed by atoms with Crippen molar-refractivity contribution in [3.05, 3.63) is 11.5 Å².